The van der Waals surface area contributed by atoms with Crippen molar-refractivity contribution in [3.63, 3.8) is 0 Å². The van der Waals surface area contributed by atoms with Crippen molar-refractivity contribution in [3.8, 4) is 0 Å². The Kier molecular flexibility index (Phi) is 4.68. The fourth-order valence-electron chi connectivity index (χ4n) is 0.376. The third-order valence-corrected chi connectivity index (χ3v) is 0.688. The molecule has 4 nitrogen and oxygen atoms in total. The molecule has 0 spiro atoms. The number of hydrogen-bond acceptors (Lipinski definition) is 3. The van der Waals surface area contributed by atoms with Gasteiger partial charge in [-0.2, -0.15) is 0 Å². The van der Waals surface area contributed by atoms with Crippen molar-refractivity contribution in [3.05, 3.63) is 24.4 Å². The second-order valence-corrected chi connectivity index (χ2v) is 1.36. The summed E-state index contributed by atoms with van der Waals surface area (Å²) in [5, 5.41) is 6.89. The Labute approximate surface area is 58.3 Å². The minimum absolute atomic E-state index is 0.250. The van der Waals surface area contributed by atoms with Crippen LogP contribution in [0.3, 0.4) is 0 Å². The van der Waals surface area contributed by atoms with Crippen molar-refractivity contribution in [2.45, 2.75) is 0 Å². The summed E-state index contributed by atoms with van der Waals surface area (Å²) in [6, 6.07) is 5.43. The highest BCUT2D eigenvalue weighted by Crippen LogP contribution is 1.89. The smallest absolute Gasteiger partial charge is 0.290 e. The van der Waals surface area contributed by atoms with Gasteiger partial charge in [0.2, 0.25) is 0 Å². The van der Waals surface area contributed by atoms with Gasteiger partial charge in [-0.3, -0.25) is 4.79 Å². The van der Waals surface area contributed by atoms with Crippen LogP contribution in [-0.2, 0) is 4.79 Å². The second-order valence-electron chi connectivity index (χ2n) is 1.36. The highest BCUT2D eigenvalue weighted by atomic mass is 16.3. The molecule has 0 amide bonds. The summed E-state index contributed by atoms with van der Waals surface area (Å²) in [4.78, 5) is 12.1. The van der Waals surface area contributed by atoms with Crippen LogP contribution in [0.1, 0.15) is 0 Å². The maximum atomic E-state index is 8.36. The number of nitrogens with zero attached hydrogens (tertiary/aromatic N) is 1. The first-order valence-electron chi connectivity index (χ1n) is 2.55. The largest absolute Gasteiger partial charge is 0.483 e. The zero-order chi connectivity index (χ0) is 7.82. The minimum Gasteiger partial charge on any atom is -0.483 e. The second kappa shape index (κ2) is 5.55. The Morgan fingerprint density at radius 3 is 2.40 bits per heavy atom. The Morgan fingerprint density at radius 1 is 1.60 bits per heavy atom. The van der Waals surface area contributed by atoms with Crippen LogP contribution in [0.4, 0.5) is 5.82 Å². The van der Waals surface area contributed by atoms with Gasteiger partial charge in [-0.05, 0) is 12.1 Å². The topological polar surface area (TPSA) is 76.2 Å². The van der Waals surface area contributed by atoms with E-state index in [-0.39, 0.29) is 6.47 Å². The average Bonchev–Trinajstić information content (AvgIpc) is 1.91. The number of hydrogen-bond donors (Lipinski definition) is 2. The first-order valence-corrected chi connectivity index (χ1v) is 2.55. The molecule has 0 aliphatic carbocycles. The molecule has 54 valence electrons. The first-order chi connectivity index (χ1) is 4.81. The molecular formula is C6H8N2O2. The number of nitrogen functional groups attached to an aromatic ring is 1. The van der Waals surface area contributed by atoms with Crippen LogP contribution in [-0.4, -0.2) is 16.6 Å². The summed E-state index contributed by atoms with van der Waals surface area (Å²) < 4.78 is 0. The molecule has 0 aromatic carbocycles. The number of aromatic nitrogens is 1. The molecule has 3 N–H and O–H groups in total. The predicted molar refractivity (Wildman–Crippen MR) is 37.3 cm³/mol. The number of carbonyl (C=O) groups is 1. The van der Waals surface area contributed by atoms with E-state index in [9.17, 15) is 0 Å². The van der Waals surface area contributed by atoms with Crippen molar-refractivity contribution >= 4 is 12.3 Å². The van der Waals surface area contributed by atoms with Crippen LogP contribution in [0.2, 0.25) is 0 Å². The SMILES string of the molecule is Nc1ccccn1.O=CO. The minimum atomic E-state index is -0.250. The number of carboxylic acid groups (broad SMARTS) is 1. The molecule has 4 heteroatoms. The summed E-state index contributed by atoms with van der Waals surface area (Å²) in [5.74, 6) is 0.572. The maximum absolute atomic E-state index is 8.36. The lowest BCUT2D eigenvalue weighted by atomic mass is 10.5. The molecule has 1 aromatic rings. The van der Waals surface area contributed by atoms with Gasteiger partial charge in [0.15, 0.2) is 0 Å². The number of rotatable bonds is 0. The molecule has 0 aliphatic rings. The third-order valence-electron chi connectivity index (χ3n) is 0.688. The fourth-order valence-corrected chi connectivity index (χ4v) is 0.376. The number of pyridine rings is 1. The first kappa shape index (κ1) is 8.42. The number of anilines is 1. The van der Waals surface area contributed by atoms with E-state index in [0.29, 0.717) is 5.82 Å². The average molecular weight is 140 g/mol. The molecule has 1 rings (SSSR count). The van der Waals surface area contributed by atoms with Gasteiger partial charge in [-0.15, -0.1) is 0 Å². The highest BCUT2D eigenvalue weighted by Gasteiger charge is 1.73. The molecule has 0 saturated heterocycles. The van der Waals surface area contributed by atoms with Gasteiger partial charge < -0.3 is 10.8 Å². The zero-order valence-corrected chi connectivity index (χ0v) is 5.27. The van der Waals surface area contributed by atoms with Crippen LogP contribution in [0.25, 0.3) is 0 Å². The Hall–Kier alpha value is -1.58. The van der Waals surface area contributed by atoms with Gasteiger partial charge in [-0.1, -0.05) is 6.07 Å². The van der Waals surface area contributed by atoms with Crippen molar-refractivity contribution in [1.82, 2.24) is 4.98 Å². The van der Waals surface area contributed by atoms with Gasteiger partial charge in [0.1, 0.15) is 5.82 Å². The van der Waals surface area contributed by atoms with Gasteiger partial charge in [-0.25, -0.2) is 4.98 Å². The lowest BCUT2D eigenvalue weighted by Gasteiger charge is -1.82. The van der Waals surface area contributed by atoms with Crippen molar-refractivity contribution in [1.29, 1.82) is 0 Å². The van der Waals surface area contributed by atoms with E-state index in [1.807, 2.05) is 12.1 Å². The Balaban J connectivity index is 0.000000236. The molecule has 1 aromatic heterocycles. The summed E-state index contributed by atoms with van der Waals surface area (Å²) in [6.45, 7) is -0.250. The molecular weight excluding hydrogens is 132 g/mol. The summed E-state index contributed by atoms with van der Waals surface area (Å²) >= 11 is 0. The fraction of sp³-hybridized carbons (Fsp3) is 0. The van der Waals surface area contributed by atoms with Gasteiger partial charge in [0, 0.05) is 6.20 Å². The van der Waals surface area contributed by atoms with E-state index in [1.54, 1.807) is 12.3 Å². The Morgan fingerprint density at radius 2 is 2.20 bits per heavy atom. The molecule has 0 unspecified atom stereocenters. The zero-order valence-electron chi connectivity index (χ0n) is 5.27. The lowest BCUT2D eigenvalue weighted by Crippen LogP contribution is -1.85. The third kappa shape index (κ3) is 4.58. The van der Waals surface area contributed by atoms with Crippen molar-refractivity contribution in [2.75, 3.05) is 5.73 Å². The van der Waals surface area contributed by atoms with Crippen LogP contribution in [0.15, 0.2) is 24.4 Å². The molecule has 0 radical (unpaired) electrons. The lowest BCUT2D eigenvalue weighted by molar-refractivity contribution is -0.122. The van der Waals surface area contributed by atoms with E-state index in [4.69, 9.17) is 15.6 Å². The van der Waals surface area contributed by atoms with Gasteiger partial charge in [0.05, 0.1) is 0 Å². The standard InChI is InChI=1S/C5H6N2.CH2O2/c6-5-3-1-2-4-7-5;2-1-3/h1-4H,(H2,6,7);1H,(H,2,3). The molecule has 0 fully saturated rings. The predicted octanol–water partition coefficient (Wildman–Crippen LogP) is 0.365. The van der Waals surface area contributed by atoms with Crippen molar-refractivity contribution < 1.29 is 9.90 Å². The quantitative estimate of drug-likeness (QED) is 0.510. The van der Waals surface area contributed by atoms with E-state index in [2.05, 4.69) is 4.98 Å². The molecule has 0 atom stereocenters. The monoisotopic (exact) mass is 140 g/mol. The van der Waals surface area contributed by atoms with Crippen molar-refractivity contribution in [2.24, 2.45) is 0 Å². The summed E-state index contributed by atoms with van der Waals surface area (Å²) in [5.41, 5.74) is 5.25. The van der Waals surface area contributed by atoms with E-state index in [1.165, 1.54) is 0 Å². The molecule has 0 aliphatic heterocycles. The molecule has 10 heavy (non-hydrogen) atoms. The summed E-state index contributed by atoms with van der Waals surface area (Å²) in [6.07, 6.45) is 1.66. The molecule has 0 bridgehead atoms. The highest BCUT2D eigenvalue weighted by molar-refractivity contribution is 5.32. The van der Waals surface area contributed by atoms with Crippen LogP contribution >= 0.6 is 0 Å². The van der Waals surface area contributed by atoms with Crippen LogP contribution < -0.4 is 5.73 Å². The van der Waals surface area contributed by atoms with Gasteiger partial charge >= 0.3 is 0 Å². The summed E-state index contributed by atoms with van der Waals surface area (Å²) in [7, 11) is 0. The van der Waals surface area contributed by atoms with Crippen LogP contribution in [0.5, 0.6) is 0 Å². The maximum Gasteiger partial charge on any atom is 0.290 e. The molecule has 1 heterocycles. The van der Waals surface area contributed by atoms with Crippen LogP contribution in [0, 0.1) is 0 Å². The molecule has 0 saturated carbocycles. The van der Waals surface area contributed by atoms with E-state index < -0.39 is 0 Å². The Bertz CT molecular complexity index is 176. The van der Waals surface area contributed by atoms with Gasteiger partial charge in [0.25, 0.3) is 6.47 Å². The van der Waals surface area contributed by atoms with E-state index in [0.717, 1.165) is 0 Å². The van der Waals surface area contributed by atoms with E-state index >= 15 is 0 Å². The normalized spacial score (nSPS) is 7.20. The number of nitrogens with two attached hydrogens (primary N) is 1.